The largest absolute Gasteiger partial charge is 0.503 e. The number of methoxy groups -OCH3 is 3. The van der Waals surface area contributed by atoms with Crippen molar-refractivity contribution in [1.82, 2.24) is 5.43 Å². The van der Waals surface area contributed by atoms with Gasteiger partial charge in [-0.15, -0.1) is 0 Å². The molecule has 0 atom stereocenters. The molecule has 0 fully saturated rings. The van der Waals surface area contributed by atoms with Gasteiger partial charge in [0.2, 0.25) is 5.75 Å². The van der Waals surface area contributed by atoms with Crippen LogP contribution in [0, 0.1) is 0 Å². The maximum atomic E-state index is 12.4. The van der Waals surface area contributed by atoms with Crippen molar-refractivity contribution in [2.24, 2.45) is 5.10 Å². The molecule has 0 spiro atoms. The van der Waals surface area contributed by atoms with Crippen molar-refractivity contribution in [2.45, 2.75) is 6.92 Å². The van der Waals surface area contributed by atoms with Crippen LogP contribution in [0.3, 0.4) is 0 Å². The average molecular weight is 453 g/mol. The fourth-order valence-electron chi connectivity index (χ4n) is 2.38. The highest BCUT2D eigenvalue weighted by Crippen LogP contribution is 2.38. The molecule has 0 bridgehead atoms. The first-order valence-electron chi connectivity index (χ1n) is 8.23. The molecule has 2 rings (SSSR count). The van der Waals surface area contributed by atoms with E-state index < -0.39 is 5.91 Å². The molecule has 0 saturated carbocycles. The molecule has 0 heterocycles. The van der Waals surface area contributed by atoms with Crippen LogP contribution >= 0.6 is 15.9 Å². The summed E-state index contributed by atoms with van der Waals surface area (Å²) < 4.78 is 21.5. The van der Waals surface area contributed by atoms with Crippen LogP contribution in [0.15, 0.2) is 33.8 Å². The van der Waals surface area contributed by atoms with Crippen LogP contribution in [-0.2, 0) is 0 Å². The van der Waals surface area contributed by atoms with Gasteiger partial charge in [0.15, 0.2) is 23.0 Å². The van der Waals surface area contributed by atoms with Gasteiger partial charge in [-0.25, -0.2) is 5.43 Å². The molecule has 0 aliphatic carbocycles. The lowest BCUT2D eigenvalue weighted by atomic mass is 10.1. The normalized spacial score (nSPS) is 10.6. The monoisotopic (exact) mass is 452 g/mol. The minimum absolute atomic E-state index is 0.000425. The molecule has 0 aliphatic heterocycles. The third kappa shape index (κ3) is 4.86. The number of ether oxygens (including phenoxy) is 4. The maximum absolute atomic E-state index is 12.4. The molecular formula is C19H21BrN2O6. The van der Waals surface area contributed by atoms with Crippen LogP contribution in [0.25, 0.3) is 0 Å². The van der Waals surface area contributed by atoms with Crippen LogP contribution < -0.4 is 24.4 Å². The van der Waals surface area contributed by atoms with E-state index in [9.17, 15) is 9.90 Å². The molecule has 28 heavy (non-hydrogen) atoms. The highest BCUT2D eigenvalue weighted by atomic mass is 79.9. The number of aromatic hydroxyl groups is 1. The minimum atomic E-state index is -0.460. The number of hydrazone groups is 1. The average Bonchev–Trinajstić information content (AvgIpc) is 2.70. The van der Waals surface area contributed by atoms with Gasteiger partial charge >= 0.3 is 0 Å². The summed E-state index contributed by atoms with van der Waals surface area (Å²) >= 11 is 3.25. The topological polar surface area (TPSA) is 98.6 Å². The van der Waals surface area contributed by atoms with Crippen LogP contribution in [0.4, 0.5) is 0 Å². The summed E-state index contributed by atoms with van der Waals surface area (Å²) in [6.45, 7) is 2.21. The number of nitrogens with one attached hydrogen (secondary N) is 1. The SMILES string of the molecule is CCOc1cc(C=NNC(=O)c2cc(OC)c(OC)c(OC)c2)cc(Br)c1O. The number of nitrogens with zero attached hydrogens (tertiary/aromatic N) is 1. The van der Waals surface area contributed by atoms with E-state index >= 15 is 0 Å². The van der Waals surface area contributed by atoms with Crippen LogP contribution in [0.1, 0.15) is 22.8 Å². The Kier molecular flexibility index (Phi) is 7.51. The highest BCUT2D eigenvalue weighted by molar-refractivity contribution is 9.10. The van der Waals surface area contributed by atoms with E-state index in [2.05, 4.69) is 26.5 Å². The Morgan fingerprint density at radius 2 is 1.75 bits per heavy atom. The molecule has 2 aromatic carbocycles. The van der Waals surface area contributed by atoms with Gasteiger partial charge in [0.1, 0.15) is 0 Å². The number of carbonyl (C=O) groups is 1. The lowest BCUT2D eigenvalue weighted by Gasteiger charge is -2.13. The number of phenols is 1. The van der Waals surface area contributed by atoms with E-state index in [-0.39, 0.29) is 11.3 Å². The number of hydrogen-bond donors (Lipinski definition) is 2. The van der Waals surface area contributed by atoms with E-state index in [0.29, 0.717) is 39.6 Å². The lowest BCUT2D eigenvalue weighted by Crippen LogP contribution is -2.18. The molecule has 0 aliphatic rings. The smallest absolute Gasteiger partial charge is 0.271 e. The number of halogens is 1. The van der Waals surface area contributed by atoms with E-state index in [0.717, 1.165) is 0 Å². The molecule has 2 aromatic rings. The molecule has 1 amide bonds. The second-order valence-electron chi connectivity index (χ2n) is 5.40. The van der Waals surface area contributed by atoms with E-state index in [1.54, 1.807) is 12.1 Å². The molecular weight excluding hydrogens is 432 g/mol. The first kappa shape index (κ1) is 21.4. The van der Waals surface area contributed by atoms with Gasteiger partial charge in [-0.1, -0.05) is 0 Å². The summed E-state index contributed by atoms with van der Waals surface area (Å²) in [7, 11) is 4.42. The van der Waals surface area contributed by atoms with E-state index in [1.807, 2.05) is 6.92 Å². The van der Waals surface area contributed by atoms with Gasteiger partial charge in [0.25, 0.3) is 5.91 Å². The van der Waals surface area contributed by atoms with Gasteiger partial charge < -0.3 is 24.1 Å². The molecule has 0 unspecified atom stereocenters. The van der Waals surface area contributed by atoms with Crippen LogP contribution in [0.5, 0.6) is 28.7 Å². The predicted octanol–water partition coefficient (Wildman–Crippen LogP) is 3.34. The van der Waals surface area contributed by atoms with Crippen molar-refractivity contribution in [3.63, 3.8) is 0 Å². The van der Waals surface area contributed by atoms with Gasteiger partial charge in [-0.3, -0.25) is 4.79 Å². The van der Waals surface area contributed by atoms with Crippen molar-refractivity contribution in [1.29, 1.82) is 0 Å². The molecule has 8 nitrogen and oxygen atoms in total. The van der Waals surface area contributed by atoms with Crippen molar-refractivity contribution in [3.8, 4) is 28.7 Å². The zero-order valence-electron chi connectivity index (χ0n) is 15.9. The van der Waals surface area contributed by atoms with E-state index in [4.69, 9.17) is 18.9 Å². The van der Waals surface area contributed by atoms with Crippen molar-refractivity contribution >= 4 is 28.1 Å². The summed E-state index contributed by atoms with van der Waals surface area (Å²) in [5.41, 5.74) is 3.34. The van der Waals surface area contributed by atoms with Crippen LogP contribution in [0.2, 0.25) is 0 Å². The molecule has 0 aromatic heterocycles. The molecule has 150 valence electrons. The quantitative estimate of drug-likeness (QED) is 0.470. The number of phenolic OH excluding ortho intramolecular Hbond substituents is 1. The zero-order chi connectivity index (χ0) is 20.7. The Hall–Kier alpha value is -2.94. The summed E-state index contributed by atoms with van der Waals surface area (Å²) in [5.74, 6) is 0.968. The first-order chi connectivity index (χ1) is 13.4. The minimum Gasteiger partial charge on any atom is -0.503 e. The van der Waals surface area contributed by atoms with Crippen molar-refractivity contribution < 1.29 is 28.8 Å². The Labute approximate surface area is 171 Å². The number of amides is 1. The summed E-state index contributed by atoms with van der Waals surface area (Å²) in [4.78, 5) is 12.4. The summed E-state index contributed by atoms with van der Waals surface area (Å²) in [5, 5.41) is 13.9. The molecule has 0 radical (unpaired) electrons. The number of benzene rings is 2. The number of carbonyl (C=O) groups excluding carboxylic acids is 1. The van der Waals surface area contributed by atoms with Gasteiger partial charge in [-0.2, -0.15) is 5.10 Å². The fraction of sp³-hybridized carbons (Fsp3) is 0.263. The van der Waals surface area contributed by atoms with Crippen molar-refractivity contribution in [3.05, 3.63) is 39.9 Å². The Morgan fingerprint density at radius 3 is 2.29 bits per heavy atom. The molecule has 9 heteroatoms. The van der Waals surface area contributed by atoms with Crippen molar-refractivity contribution in [2.75, 3.05) is 27.9 Å². The van der Waals surface area contributed by atoms with Gasteiger partial charge in [0, 0.05) is 5.56 Å². The Morgan fingerprint density at radius 1 is 1.11 bits per heavy atom. The highest BCUT2D eigenvalue weighted by Gasteiger charge is 2.16. The number of rotatable bonds is 8. The summed E-state index contributed by atoms with van der Waals surface area (Å²) in [6.07, 6.45) is 1.43. The standard InChI is InChI=1S/C19H21BrN2O6/c1-5-28-14-7-11(6-13(20)17(14)23)10-21-22-19(24)12-8-15(25-2)18(27-4)16(9-12)26-3/h6-10,23H,5H2,1-4H3,(H,22,24). The summed E-state index contributed by atoms with van der Waals surface area (Å²) in [6, 6.07) is 6.30. The fourth-order valence-corrected chi connectivity index (χ4v) is 2.84. The molecule has 0 saturated heterocycles. The Bertz CT molecular complexity index is 860. The molecule has 2 N–H and O–H groups in total. The first-order valence-corrected chi connectivity index (χ1v) is 9.03. The number of hydrogen-bond acceptors (Lipinski definition) is 7. The lowest BCUT2D eigenvalue weighted by molar-refractivity contribution is 0.0954. The van der Waals surface area contributed by atoms with Gasteiger partial charge in [-0.05, 0) is 52.7 Å². The predicted molar refractivity (Wildman–Crippen MR) is 108 cm³/mol. The second kappa shape index (κ2) is 9.84. The van der Waals surface area contributed by atoms with Crippen LogP contribution in [-0.4, -0.2) is 45.2 Å². The maximum Gasteiger partial charge on any atom is 0.271 e. The van der Waals surface area contributed by atoms with E-state index in [1.165, 1.54) is 39.7 Å². The second-order valence-corrected chi connectivity index (χ2v) is 6.25. The zero-order valence-corrected chi connectivity index (χ0v) is 17.5. The Balaban J connectivity index is 2.20. The van der Waals surface area contributed by atoms with Gasteiger partial charge in [0.05, 0.1) is 38.6 Å². The third-order valence-electron chi connectivity index (χ3n) is 3.66. The third-order valence-corrected chi connectivity index (χ3v) is 4.26.